The number of hydrogen-bond acceptors (Lipinski definition) is 2. The third-order valence-electron chi connectivity index (χ3n) is 4.44. The second kappa shape index (κ2) is 6.25. The maximum absolute atomic E-state index is 5.94. The van der Waals surface area contributed by atoms with Gasteiger partial charge in [-0.1, -0.05) is 30.7 Å². The van der Waals surface area contributed by atoms with Crippen LogP contribution in [0.25, 0.3) is 0 Å². The van der Waals surface area contributed by atoms with E-state index in [-0.39, 0.29) is 0 Å². The SMILES string of the molecule is CC1CN(C)C(C)CC1N[C@H](C)c1ccc(Cl)cc1. The van der Waals surface area contributed by atoms with Gasteiger partial charge in [-0.15, -0.1) is 0 Å². The Morgan fingerprint density at radius 2 is 1.89 bits per heavy atom. The summed E-state index contributed by atoms with van der Waals surface area (Å²) in [6.07, 6.45) is 1.22. The molecule has 1 aliphatic rings. The molecule has 1 aliphatic heterocycles. The molecule has 0 aromatic heterocycles. The van der Waals surface area contributed by atoms with Crippen LogP contribution in [0.2, 0.25) is 5.02 Å². The summed E-state index contributed by atoms with van der Waals surface area (Å²) >= 11 is 5.94. The van der Waals surface area contributed by atoms with Crippen LogP contribution in [-0.4, -0.2) is 30.6 Å². The molecule has 0 amide bonds. The summed E-state index contributed by atoms with van der Waals surface area (Å²) in [7, 11) is 2.22. The minimum absolute atomic E-state index is 0.375. The summed E-state index contributed by atoms with van der Waals surface area (Å²) in [6.45, 7) is 8.06. The maximum atomic E-state index is 5.94. The van der Waals surface area contributed by atoms with Gasteiger partial charge in [-0.3, -0.25) is 0 Å². The van der Waals surface area contributed by atoms with Gasteiger partial charge < -0.3 is 10.2 Å². The second-order valence-corrected chi connectivity index (χ2v) is 6.48. The summed E-state index contributed by atoms with van der Waals surface area (Å²) in [5, 5.41) is 4.59. The van der Waals surface area contributed by atoms with E-state index in [0.29, 0.717) is 24.0 Å². The predicted octanol–water partition coefficient (Wildman–Crippen LogP) is 3.72. The first-order valence-electron chi connectivity index (χ1n) is 7.19. The Kier molecular flexibility index (Phi) is 4.88. The fraction of sp³-hybridized carbons (Fsp3) is 0.625. The molecule has 1 N–H and O–H groups in total. The molecule has 1 heterocycles. The average molecular weight is 281 g/mol. The molecule has 2 nitrogen and oxygen atoms in total. The van der Waals surface area contributed by atoms with Gasteiger partial charge in [0, 0.05) is 29.7 Å². The van der Waals surface area contributed by atoms with Gasteiger partial charge in [-0.05, 0) is 50.9 Å². The Bertz CT molecular complexity index is 404. The third-order valence-corrected chi connectivity index (χ3v) is 4.70. The van der Waals surface area contributed by atoms with E-state index in [1.54, 1.807) is 0 Å². The largest absolute Gasteiger partial charge is 0.307 e. The molecule has 3 unspecified atom stereocenters. The molecule has 3 heteroatoms. The summed E-state index contributed by atoms with van der Waals surface area (Å²) < 4.78 is 0. The predicted molar refractivity (Wildman–Crippen MR) is 82.7 cm³/mol. The normalized spacial score (nSPS) is 30.3. The van der Waals surface area contributed by atoms with Crippen LogP contribution in [0.5, 0.6) is 0 Å². The van der Waals surface area contributed by atoms with E-state index >= 15 is 0 Å². The molecular formula is C16H25ClN2. The standard InChI is InChI=1S/C16H25ClN2/c1-11-10-19(4)12(2)9-16(11)18-13(3)14-5-7-15(17)8-6-14/h5-8,11-13,16,18H,9-10H2,1-4H3/t11?,12?,13-,16?/m1/s1. The van der Waals surface area contributed by atoms with E-state index in [1.165, 1.54) is 18.5 Å². The molecular weight excluding hydrogens is 256 g/mol. The zero-order valence-corrected chi connectivity index (χ0v) is 13.1. The van der Waals surface area contributed by atoms with Crippen molar-refractivity contribution in [1.82, 2.24) is 10.2 Å². The summed E-state index contributed by atoms with van der Waals surface area (Å²) in [6, 6.07) is 9.79. The fourth-order valence-corrected chi connectivity index (χ4v) is 3.07. The Hall–Kier alpha value is -0.570. The van der Waals surface area contributed by atoms with Crippen LogP contribution in [0.15, 0.2) is 24.3 Å². The van der Waals surface area contributed by atoms with Crippen LogP contribution in [0.1, 0.15) is 38.8 Å². The van der Waals surface area contributed by atoms with Crippen LogP contribution in [0.3, 0.4) is 0 Å². The number of hydrogen-bond donors (Lipinski definition) is 1. The van der Waals surface area contributed by atoms with E-state index in [1.807, 2.05) is 12.1 Å². The molecule has 1 saturated heterocycles. The first kappa shape index (κ1) is 14.8. The van der Waals surface area contributed by atoms with Crippen molar-refractivity contribution in [3.05, 3.63) is 34.9 Å². The number of benzene rings is 1. The van der Waals surface area contributed by atoms with Gasteiger partial charge in [0.15, 0.2) is 0 Å². The third kappa shape index (κ3) is 3.71. The fourth-order valence-electron chi connectivity index (χ4n) is 2.94. The molecule has 106 valence electrons. The molecule has 19 heavy (non-hydrogen) atoms. The molecule has 1 aromatic carbocycles. The van der Waals surface area contributed by atoms with Gasteiger partial charge >= 0.3 is 0 Å². The van der Waals surface area contributed by atoms with Crippen molar-refractivity contribution in [2.24, 2.45) is 5.92 Å². The van der Waals surface area contributed by atoms with E-state index in [2.05, 4.69) is 50.2 Å². The molecule has 2 rings (SSSR count). The lowest BCUT2D eigenvalue weighted by Gasteiger charge is -2.41. The van der Waals surface area contributed by atoms with Crippen molar-refractivity contribution in [1.29, 1.82) is 0 Å². The van der Waals surface area contributed by atoms with Gasteiger partial charge in [0.25, 0.3) is 0 Å². The molecule has 4 atom stereocenters. The first-order chi connectivity index (χ1) is 8.97. The number of nitrogens with zero attached hydrogens (tertiary/aromatic N) is 1. The van der Waals surface area contributed by atoms with Crippen molar-refractivity contribution in [3.63, 3.8) is 0 Å². The lowest BCUT2D eigenvalue weighted by atomic mass is 9.89. The van der Waals surface area contributed by atoms with Gasteiger partial charge in [-0.2, -0.15) is 0 Å². The second-order valence-electron chi connectivity index (χ2n) is 6.05. The Labute approximate surface area is 122 Å². The van der Waals surface area contributed by atoms with Crippen molar-refractivity contribution in [2.45, 2.75) is 45.3 Å². The maximum Gasteiger partial charge on any atom is 0.0406 e. The molecule has 0 radical (unpaired) electrons. The van der Waals surface area contributed by atoms with Crippen LogP contribution in [0.4, 0.5) is 0 Å². The smallest absolute Gasteiger partial charge is 0.0406 e. The van der Waals surface area contributed by atoms with E-state index < -0.39 is 0 Å². The zero-order chi connectivity index (χ0) is 14.0. The van der Waals surface area contributed by atoms with Gasteiger partial charge in [0.05, 0.1) is 0 Å². The van der Waals surface area contributed by atoms with Crippen molar-refractivity contribution in [2.75, 3.05) is 13.6 Å². The Balaban J connectivity index is 1.98. The van der Waals surface area contributed by atoms with Gasteiger partial charge in [0.1, 0.15) is 0 Å². The van der Waals surface area contributed by atoms with E-state index in [0.717, 1.165) is 5.02 Å². The molecule has 0 spiro atoms. The molecule has 1 fully saturated rings. The van der Waals surface area contributed by atoms with Crippen molar-refractivity contribution < 1.29 is 0 Å². The van der Waals surface area contributed by atoms with E-state index in [4.69, 9.17) is 11.6 Å². The Morgan fingerprint density at radius 1 is 1.26 bits per heavy atom. The highest BCUT2D eigenvalue weighted by Gasteiger charge is 2.29. The highest BCUT2D eigenvalue weighted by molar-refractivity contribution is 6.30. The lowest BCUT2D eigenvalue weighted by Crippen LogP contribution is -2.51. The number of likely N-dealkylation sites (tertiary alicyclic amines) is 1. The van der Waals surface area contributed by atoms with Crippen LogP contribution >= 0.6 is 11.6 Å². The van der Waals surface area contributed by atoms with Crippen LogP contribution in [-0.2, 0) is 0 Å². The number of halogens is 1. The topological polar surface area (TPSA) is 15.3 Å². The van der Waals surface area contributed by atoms with Crippen LogP contribution in [0, 0.1) is 5.92 Å². The zero-order valence-electron chi connectivity index (χ0n) is 12.4. The van der Waals surface area contributed by atoms with Gasteiger partial charge in [-0.25, -0.2) is 0 Å². The molecule has 0 saturated carbocycles. The quantitative estimate of drug-likeness (QED) is 0.908. The number of rotatable bonds is 3. The van der Waals surface area contributed by atoms with Crippen LogP contribution < -0.4 is 5.32 Å². The monoisotopic (exact) mass is 280 g/mol. The average Bonchev–Trinajstić information content (AvgIpc) is 2.36. The number of nitrogens with one attached hydrogen (secondary N) is 1. The first-order valence-corrected chi connectivity index (χ1v) is 7.57. The number of piperidine rings is 1. The Morgan fingerprint density at radius 3 is 2.53 bits per heavy atom. The summed E-state index contributed by atoms with van der Waals surface area (Å²) in [5.41, 5.74) is 1.31. The van der Waals surface area contributed by atoms with Crippen molar-refractivity contribution in [3.8, 4) is 0 Å². The van der Waals surface area contributed by atoms with Gasteiger partial charge in [0.2, 0.25) is 0 Å². The summed E-state index contributed by atoms with van der Waals surface area (Å²) in [5.74, 6) is 0.691. The van der Waals surface area contributed by atoms with Crippen molar-refractivity contribution >= 4 is 11.6 Å². The minimum atomic E-state index is 0.375. The van der Waals surface area contributed by atoms with E-state index in [9.17, 15) is 0 Å². The molecule has 0 aliphatic carbocycles. The lowest BCUT2D eigenvalue weighted by molar-refractivity contribution is 0.116. The molecule has 1 aromatic rings. The molecule has 0 bridgehead atoms. The highest BCUT2D eigenvalue weighted by Crippen LogP contribution is 2.24. The highest BCUT2D eigenvalue weighted by atomic mass is 35.5. The minimum Gasteiger partial charge on any atom is -0.307 e. The summed E-state index contributed by atoms with van der Waals surface area (Å²) in [4.78, 5) is 2.45.